The molecular formula is C19H21N5O3S3. The van der Waals surface area contributed by atoms with E-state index < -0.39 is 10.0 Å². The average Bonchev–Trinajstić information content (AvgIpc) is 3.38. The molecule has 1 aliphatic carbocycles. The van der Waals surface area contributed by atoms with Crippen LogP contribution >= 0.6 is 22.7 Å². The number of carbonyl (C=O) groups excluding carboxylic acids is 1. The molecule has 1 fully saturated rings. The third kappa shape index (κ3) is 5.21. The fourth-order valence-corrected chi connectivity index (χ4v) is 6.25. The first-order valence-corrected chi connectivity index (χ1v) is 12.8. The molecule has 0 saturated heterocycles. The summed E-state index contributed by atoms with van der Waals surface area (Å²) in [6.07, 6.45) is 5.99. The lowest BCUT2D eigenvalue weighted by atomic mass is 9.90. The van der Waals surface area contributed by atoms with Gasteiger partial charge in [0.1, 0.15) is 5.01 Å². The number of anilines is 2. The lowest BCUT2D eigenvalue weighted by Crippen LogP contribution is -2.15. The molecule has 2 aromatic heterocycles. The third-order valence-corrected chi connectivity index (χ3v) is 8.10. The number of nitrogens with one attached hydrogen (secondary N) is 2. The van der Waals surface area contributed by atoms with Gasteiger partial charge in [0.15, 0.2) is 5.13 Å². The van der Waals surface area contributed by atoms with Gasteiger partial charge in [0.25, 0.3) is 10.0 Å². The van der Waals surface area contributed by atoms with Crippen LogP contribution in [-0.2, 0) is 21.2 Å². The highest BCUT2D eigenvalue weighted by Crippen LogP contribution is 2.35. The van der Waals surface area contributed by atoms with Gasteiger partial charge in [-0.05, 0) is 25.0 Å². The second kappa shape index (κ2) is 9.19. The van der Waals surface area contributed by atoms with Crippen LogP contribution in [0.4, 0.5) is 10.3 Å². The van der Waals surface area contributed by atoms with Crippen molar-refractivity contribution in [1.82, 2.24) is 15.2 Å². The summed E-state index contributed by atoms with van der Waals surface area (Å²) in [5.74, 6) is 0.185. The molecule has 0 radical (unpaired) electrons. The molecule has 8 nitrogen and oxygen atoms in total. The summed E-state index contributed by atoms with van der Waals surface area (Å²) in [5.41, 5.74) is 0.486. The summed E-state index contributed by atoms with van der Waals surface area (Å²) in [4.78, 5) is 16.7. The highest BCUT2D eigenvalue weighted by molar-refractivity contribution is 7.93. The van der Waals surface area contributed by atoms with Crippen LogP contribution in [-0.4, -0.2) is 29.5 Å². The van der Waals surface area contributed by atoms with Gasteiger partial charge >= 0.3 is 0 Å². The molecule has 1 amide bonds. The van der Waals surface area contributed by atoms with Crippen molar-refractivity contribution in [3.8, 4) is 0 Å². The zero-order valence-corrected chi connectivity index (χ0v) is 18.5. The minimum Gasteiger partial charge on any atom is -0.300 e. The molecule has 3 aromatic rings. The third-order valence-electron chi connectivity index (χ3n) is 4.81. The molecule has 4 rings (SSSR count). The summed E-state index contributed by atoms with van der Waals surface area (Å²) in [5, 5.41) is 14.4. The fraction of sp³-hybridized carbons (Fsp3) is 0.368. The summed E-state index contributed by atoms with van der Waals surface area (Å²) in [6.45, 7) is 0. The molecule has 1 aliphatic rings. The van der Waals surface area contributed by atoms with E-state index >= 15 is 0 Å². The first kappa shape index (κ1) is 20.9. The Kier molecular flexibility index (Phi) is 6.40. The Hall–Kier alpha value is -2.37. The van der Waals surface area contributed by atoms with E-state index in [2.05, 4.69) is 25.2 Å². The molecule has 1 aromatic carbocycles. The number of hydrogen-bond acceptors (Lipinski definition) is 8. The van der Waals surface area contributed by atoms with Crippen LogP contribution in [0, 0.1) is 0 Å². The molecule has 1 saturated carbocycles. The van der Waals surface area contributed by atoms with Crippen molar-refractivity contribution in [2.24, 2.45) is 0 Å². The van der Waals surface area contributed by atoms with E-state index in [1.54, 1.807) is 23.6 Å². The summed E-state index contributed by atoms with van der Waals surface area (Å²) >= 11 is 2.56. The zero-order valence-electron chi connectivity index (χ0n) is 16.1. The number of carbonyl (C=O) groups is 1. The lowest BCUT2D eigenvalue weighted by molar-refractivity contribution is -0.115. The van der Waals surface area contributed by atoms with Crippen LogP contribution in [0.2, 0.25) is 0 Å². The van der Waals surface area contributed by atoms with E-state index in [0.717, 1.165) is 29.2 Å². The molecule has 0 aliphatic heterocycles. The average molecular weight is 464 g/mol. The predicted molar refractivity (Wildman–Crippen MR) is 117 cm³/mol. The largest absolute Gasteiger partial charge is 0.300 e. The topological polar surface area (TPSA) is 114 Å². The number of aromatic nitrogens is 3. The fourth-order valence-electron chi connectivity index (χ4n) is 3.34. The first-order chi connectivity index (χ1) is 14.5. The van der Waals surface area contributed by atoms with Crippen molar-refractivity contribution < 1.29 is 13.2 Å². The second-order valence-electron chi connectivity index (χ2n) is 7.07. The van der Waals surface area contributed by atoms with Crippen LogP contribution in [0.3, 0.4) is 0 Å². The van der Waals surface area contributed by atoms with Gasteiger partial charge in [-0.25, -0.2) is 13.4 Å². The number of rotatable bonds is 7. The smallest absolute Gasteiger partial charge is 0.263 e. The quantitative estimate of drug-likeness (QED) is 0.547. The van der Waals surface area contributed by atoms with Gasteiger partial charge in [0.05, 0.1) is 17.0 Å². The number of thiazole rings is 1. The van der Waals surface area contributed by atoms with Crippen LogP contribution in [0.5, 0.6) is 0 Å². The number of amides is 1. The molecule has 2 N–H and O–H groups in total. The Morgan fingerprint density at radius 1 is 1.07 bits per heavy atom. The van der Waals surface area contributed by atoms with E-state index in [0.29, 0.717) is 16.7 Å². The normalized spacial score (nSPS) is 15.1. The van der Waals surface area contributed by atoms with E-state index in [1.165, 1.54) is 42.7 Å². The van der Waals surface area contributed by atoms with Crippen LogP contribution in [0.25, 0.3) is 0 Å². The minimum absolute atomic E-state index is 0.0297. The summed E-state index contributed by atoms with van der Waals surface area (Å²) in [6, 6.07) is 8.07. The van der Waals surface area contributed by atoms with Gasteiger partial charge < -0.3 is 5.32 Å². The Morgan fingerprint density at radius 2 is 1.83 bits per heavy atom. The first-order valence-electron chi connectivity index (χ1n) is 9.65. The van der Waals surface area contributed by atoms with Crippen LogP contribution in [0.1, 0.15) is 48.7 Å². The predicted octanol–water partition coefficient (Wildman–Crippen LogP) is 4.02. The highest BCUT2D eigenvalue weighted by Gasteiger charge is 2.21. The van der Waals surface area contributed by atoms with E-state index in [-0.39, 0.29) is 22.4 Å². The van der Waals surface area contributed by atoms with Gasteiger partial charge in [0, 0.05) is 11.3 Å². The van der Waals surface area contributed by atoms with Crippen LogP contribution in [0.15, 0.2) is 40.6 Å². The molecule has 2 heterocycles. The van der Waals surface area contributed by atoms with Gasteiger partial charge in [-0.3, -0.25) is 9.52 Å². The Balaban J connectivity index is 1.33. The lowest BCUT2D eigenvalue weighted by Gasteiger charge is -2.18. The number of hydrogen-bond donors (Lipinski definition) is 2. The van der Waals surface area contributed by atoms with Gasteiger partial charge in [0.2, 0.25) is 11.0 Å². The molecule has 0 atom stereocenters. The van der Waals surface area contributed by atoms with Crippen molar-refractivity contribution in [3.05, 3.63) is 46.4 Å². The number of sulfonamides is 1. The molecule has 158 valence electrons. The monoisotopic (exact) mass is 463 g/mol. The van der Waals surface area contributed by atoms with Crippen molar-refractivity contribution in [2.75, 3.05) is 10.0 Å². The maximum absolute atomic E-state index is 12.4. The van der Waals surface area contributed by atoms with Crippen molar-refractivity contribution in [1.29, 1.82) is 0 Å². The van der Waals surface area contributed by atoms with E-state index in [4.69, 9.17) is 0 Å². The Bertz CT molecular complexity index is 1110. The van der Waals surface area contributed by atoms with E-state index in [9.17, 15) is 13.2 Å². The second-order valence-corrected chi connectivity index (χ2v) is 10.6. The van der Waals surface area contributed by atoms with Gasteiger partial charge in [-0.1, -0.05) is 48.8 Å². The Morgan fingerprint density at radius 3 is 2.60 bits per heavy atom. The molecular weight excluding hydrogens is 442 g/mol. The van der Waals surface area contributed by atoms with Gasteiger partial charge in [-0.15, -0.1) is 21.5 Å². The van der Waals surface area contributed by atoms with E-state index in [1.807, 2.05) is 0 Å². The summed E-state index contributed by atoms with van der Waals surface area (Å²) in [7, 11) is -3.70. The van der Waals surface area contributed by atoms with Crippen molar-refractivity contribution >= 4 is 48.9 Å². The molecule has 0 bridgehead atoms. The molecule has 0 unspecified atom stereocenters. The summed E-state index contributed by atoms with van der Waals surface area (Å²) < 4.78 is 27.2. The van der Waals surface area contributed by atoms with Gasteiger partial charge in [-0.2, -0.15) is 0 Å². The standard InChI is InChI=1S/C19H21N5O3S3/c25-16(21-18-23-22-17(29-18)13-7-3-1-4-8-13)11-14-12-28-19(20-14)24-30(26,27)15-9-5-2-6-10-15/h2,5-6,9-10,12-13H,1,3-4,7-8,11H2,(H,20,24)(H,21,23,25). The zero-order chi connectivity index (χ0) is 21.0. The molecule has 11 heteroatoms. The van der Waals surface area contributed by atoms with Crippen molar-refractivity contribution in [2.45, 2.75) is 49.3 Å². The molecule has 30 heavy (non-hydrogen) atoms. The Labute approximate surface area is 182 Å². The SMILES string of the molecule is O=C(Cc1csc(NS(=O)(=O)c2ccccc2)n1)Nc1nnc(C2CCCCC2)s1. The number of nitrogens with zero attached hydrogens (tertiary/aromatic N) is 3. The van der Waals surface area contributed by atoms with Crippen LogP contribution < -0.4 is 10.0 Å². The molecule has 0 spiro atoms. The van der Waals surface area contributed by atoms with Crippen molar-refractivity contribution in [3.63, 3.8) is 0 Å². The minimum atomic E-state index is -3.70. The highest BCUT2D eigenvalue weighted by atomic mass is 32.2. The number of benzene rings is 1. The maximum Gasteiger partial charge on any atom is 0.263 e. The maximum atomic E-state index is 12.4.